The van der Waals surface area contributed by atoms with Crippen LogP contribution in [-0.4, -0.2) is 35.7 Å². The maximum absolute atomic E-state index is 14.3. The van der Waals surface area contributed by atoms with Crippen molar-refractivity contribution in [3.05, 3.63) is 23.3 Å². The van der Waals surface area contributed by atoms with Crippen LogP contribution in [0.2, 0.25) is 0 Å². The van der Waals surface area contributed by atoms with E-state index in [0.29, 0.717) is 5.92 Å². The van der Waals surface area contributed by atoms with Crippen LogP contribution >= 0.6 is 0 Å². The number of hydrogen-bond acceptors (Lipinski definition) is 6. The van der Waals surface area contributed by atoms with E-state index in [1.807, 2.05) is 26.0 Å². The van der Waals surface area contributed by atoms with E-state index < -0.39 is 35.3 Å². The number of allylic oxidation sites excluding steroid dienone is 1. The van der Waals surface area contributed by atoms with Crippen molar-refractivity contribution in [3.8, 4) is 0 Å². The van der Waals surface area contributed by atoms with Gasteiger partial charge in [0.1, 0.15) is 0 Å². The van der Waals surface area contributed by atoms with Crippen LogP contribution in [0.25, 0.3) is 0 Å². The highest BCUT2D eigenvalue weighted by atomic mass is 16.8. The zero-order chi connectivity index (χ0) is 21.1. The van der Waals surface area contributed by atoms with Crippen LogP contribution in [0.1, 0.15) is 48.0 Å². The van der Waals surface area contributed by atoms with Crippen molar-refractivity contribution in [1.29, 1.82) is 0 Å². The fourth-order valence-corrected chi connectivity index (χ4v) is 7.31. The molecule has 8 atom stereocenters. The Morgan fingerprint density at radius 1 is 1.21 bits per heavy atom. The Morgan fingerprint density at radius 2 is 1.90 bits per heavy atom. The summed E-state index contributed by atoms with van der Waals surface area (Å²) in [7, 11) is 0. The molecule has 0 aromatic heterocycles. The lowest BCUT2D eigenvalue weighted by Gasteiger charge is -2.47. The first kappa shape index (κ1) is 18.9. The predicted molar refractivity (Wildman–Crippen MR) is 103 cm³/mol. The molecule has 1 aliphatic heterocycles. The van der Waals surface area contributed by atoms with Crippen molar-refractivity contribution < 1.29 is 28.6 Å². The molecular weight excluding hydrogens is 372 g/mol. The van der Waals surface area contributed by atoms with Gasteiger partial charge in [-0.3, -0.25) is 9.59 Å². The second kappa shape index (κ2) is 5.32. The summed E-state index contributed by atoms with van der Waals surface area (Å²) in [5.74, 6) is -0.0537. The van der Waals surface area contributed by atoms with Crippen molar-refractivity contribution in [3.63, 3.8) is 0 Å². The molecular formula is C23H28O6. The molecule has 2 spiro atoms. The molecule has 1 heterocycles. The molecule has 0 aromatic carbocycles. The molecule has 4 aliphatic carbocycles. The van der Waals surface area contributed by atoms with E-state index in [9.17, 15) is 14.4 Å². The maximum Gasteiger partial charge on any atom is 0.509 e. The minimum atomic E-state index is -1.38. The van der Waals surface area contributed by atoms with E-state index in [1.54, 1.807) is 0 Å². The standard InChI is InChI=1S/C23H28O6/c1-10-7-14-16-15(21(16,5)6)8-12(3)22(17(14)25)9-11(2)19(27-13(4)24)23(22)18(10)28-20(26)29-23/h7,9,12,14-16,18-19H,8H2,1-6H3/t12-,14+,15?,16+,18-,19+,22+,23+/m1/s1. The van der Waals surface area contributed by atoms with Gasteiger partial charge in [0.15, 0.2) is 18.0 Å². The van der Waals surface area contributed by atoms with Gasteiger partial charge in [0.05, 0.1) is 5.41 Å². The number of ether oxygens (including phenoxy) is 3. The van der Waals surface area contributed by atoms with Crippen molar-refractivity contribution in [2.24, 2.45) is 34.5 Å². The molecule has 156 valence electrons. The topological polar surface area (TPSA) is 78.9 Å². The van der Waals surface area contributed by atoms with E-state index in [2.05, 4.69) is 20.8 Å². The van der Waals surface area contributed by atoms with E-state index in [-0.39, 0.29) is 29.0 Å². The average molecular weight is 400 g/mol. The van der Waals surface area contributed by atoms with E-state index in [4.69, 9.17) is 14.2 Å². The normalized spacial score (nSPS) is 48.6. The third-order valence-electron chi connectivity index (χ3n) is 8.52. The van der Waals surface area contributed by atoms with Gasteiger partial charge in [-0.15, -0.1) is 0 Å². The number of esters is 1. The van der Waals surface area contributed by atoms with Crippen molar-refractivity contribution in [2.75, 3.05) is 0 Å². The summed E-state index contributed by atoms with van der Waals surface area (Å²) in [6, 6.07) is 0. The summed E-state index contributed by atoms with van der Waals surface area (Å²) >= 11 is 0. The van der Waals surface area contributed by atoms with Gasteiger partial charge in [0.2, 0.25) is 5.60 Å². The Hall–Kier alpha value is -2.11. The van der Waals surface area contributed by atoms with Crippen LogP contribution in [0, 0.1) is 34.5 Å². The number of hydrogen-bond donors (Lipinski definition) is 0. The molecule has 0 N–H and O–H groups in total. The second-order valence-corrected chi connectivity index (χ2v) is 10.3. The fourth-order valence-electron chi connectivity index (χ4n) is 7.31. The number of carbonyl (C=O) groups is 3. The summed E-state index contributed by atoms with van der Waals surface area (Å²) in [5, 5.41) is 0. The lowest BCUT2D eigenvalue weighted by atomic mass is 9.59. The molecule has 0 radical (unpaired) electrons. The van der Waals surface area contributed by atoms with Crippen molar-refractivity contribution in [1.82, 2.24) is 0 Å². The summed E-state index contributed by atoms with van der Waals surface area (Å²) in [6.45, 7) is 11.6. The molecule has 0 amide bonds. The molecule has 5 rings (SSSR count). The highest BCUT2D eigenvalue weighted by molar-refractivity contribution is 5.96. The molecule has 3 fully saturated rings. The lowest BCUT2D eigenvalue weighted by molar-refractivity contribution is -0.177. The summed E-state index contributed by atoms with van der Waals surface area (Å²) in [6.07, 6.45) is 2.37. The first-order chi connectivity index (χ1) is 13.5. The SMILES string of the molecule is CC(=O)O[C@H]1C(C)=C[C@]23C(=O)[C@@H](C=C(C)[C@H]4OC(=O)O[C@@]412)[C@H]1C(C[C@H]3C)C1(C)C. The van der Waals surface area contributed by atoms with Crippen LogP contribution < -0.4 is 0 Å². The Kier molecular flexibility index (Phi) is 3.47. The zero-order valence-electron chi connectivity index (χ0n) is 17.8. The number of Topliss-reactive ketones (excluding diaryl/α,β-unsaturated/α-hetero) is 1. The van der Waals surface area contributed by atoms with Gasteiger partial charge in [0, 0.05) is 12.8 Å². The van der Waals surface area contributed by atoms with Gasteiger partial charge in [0.25, 0.3) is 0 Å². The van der Waals surface area contributed by atoms with Gasteiger partial charge in [-0.05, 0) is 54.6 Å². The average Bonchev–Trinajstić information content (AvgIpc) is 2.92. The highest BCUT2D eigenvalue weighted by Crippen LogP contribution is 2.72. The summed E-state index contributed by atoms with van der Waals surface area (Å²) in [4.78, 5) is 38.7. The van der Waals surface area contributed by atoms with E-state index in [1.165, 1.54) is 6.92 Å². The summed E-state index contributed by atoms with van der Waals surface area (Å²) in [5.41, 5.74) is -0.814. The molecule has 1 saturated heterocycles. The largest absolute Gasteiger partial charge is 0.509 e. The Bertz CT molecular complexity index is 912. The van der Waals surface area contributed by atoms with Gasteiger partial charge in [-0.1, -0.05) is 32.9 Å². The fraction of sp³-hybridized carbons (Fsp3) is 0.696. The molecule has 6 nitrogen and oxygen atoms in total. The van der Waals surface area contributed by atoms with Gasteiger partial charge >= 0.3 is 12.1 Å². The first-order valence-corrected chi connectivity index (χ1v) is 10.5. The van der Waals surface area contributed by atoms with Crippen LogP contribution in [0.5, 0.6) is 0 Å². The van der Waals surface area contributed by atoms with Crippen molar-refractivity contribution in [2.45, 2.75) is 65.8 Å². The molecule has 29 heavy (non-hydrogen) atoms. The Balaban J connectivity index is 1.79. The van der Waals surface area contributed by atoms with E-state index in [0.717, 1.165) is 17.6 Å². The van der Waals surface area contributed by atoms with Crippen LogP contribution in [-0.2, 0) is 23.8 Å². The lowest BCUT2D eigenvalue weighted by Crippen LogP contribution is -2.64. The Labute approximate surface area is 170 Å². The quantitative estimate of drug-likeness (QED) is 0.494. The highest BCUT2D eigenvalue weighted by Gasteiger charge is 2.80. The van der Waals surface area contributed by atoms with Crippen molar-refractivity contribution >= 4 is 17.9 Å². The van der Waals surface area contributed by atoms with Crippen LogP contribution in [0.4, 0.5) is 4.79 Å². The first-order valence-electron chi connectivity index (χ1n) is 10.5. The molecule has 2 bridgehead atoms. The minimum absolute atomic E-state index is 0.0669. The number of carbonyl (C=O) groups excluding carboxylic acids is 3. The molecule has 5 aliphatic rings. The number of rotatable bonds is 1. The molecule has 0 aromatic rings. The third-order valence-corrected chi connectivity index (χ3v) is 8.52. The molecule has 1 unspecified atom stereocenters. The van der Waals surface area contributed by atoms with Crippen LogP contribution in [0.3, 0.4) is 0 Å². The Morgan fingerprint density at radius 3 is 2.55 bits per heavy atom. The number of fused-ring (bicyclic) bond motifs is 3. The van der Waals surface area contributed by atoms with Gasteiger partial charge in [-0.25, -0.2) is 4.79 Å². The van der Waals surface area contributed by atoms with Crippen LogP contribution in [0.15, 0.2) is 23.3 Å². The van der Waals surface area contributed by atoms with Gasteiger partial charge in [-0.2, -0.15) is 0 Å². The monoisotopic (exact) mass is 400 g/mol. The van der Waals surface area contributed by atoms with Gasteiger partial charge < -0.3 is 14.2 Å². The van der Waals surface area contributed by atoms with E-state index >= 15 is 0 Å². The predicted octanol–water partition coefficient (Wildman–Crippen LogP) is 3.60. The number of ketones is 1. The zero-order valence-corrected chi connectivity index (χ0v) is 17.8. The molecule has 6 heteroatoms. The smallest absolute Gasteiger partial charge is 0.453 e. The second-order valence-electron chi connectivity index (χ2n) is 10.3. The molecule has 2 saturated carbocycles. The summed E-state index contributed by atoms with van der Waals surface area (Å²) < 4.78 is 17.3. The minimum Gasteiger partial charge on any atom is -0.453 e. The maximum atomic E-state index is 14.3. The third kappa shape index (κ3) is 1.96.